The Balaban J connectivity index is 2.49. The van der Waals surface area contributed by atoms with E-state index in [2.05, 4.69) is 15.1 Å². The van der Waals surface area contributed by atoms with E-state index < -0.39 is 0 Å². The SMILES string of the molecule is Cc1cc(C)n(-c2ncc(CN)c(C)n2)n1. The average molecular weight is 217 g/mol. The molecule has 5 nitrogen and oxygen atoms in total. The maximum absolute atomic E-state index is 5.57. The van der Waals surface area contributed by atoms with Gasteiger partial charge in [-0.2, -0.15) is 5.10 Å². The Bertz CT molecular complexity index is 515. The van der Waals surface area contributed by atoms with Gasteiger partial charge in [0.15, 0.2) is 0 Å². The fourth-order valence-electron chi connectivity index (χ4n) is 1.61. The van der Waals surface area contributed by atoms with Crippen LogP contribution < -0.4 is 5.73 Å². The van der Waals surface area contributed by atoms with Crippen molar-refractivity contribution in [3.63, 3.8) is 0 Å². The van der Waals surface area contributed by atoms with Crippen LogP contribution in [0.1, 0.15) is 22.6 Å². The second-order valence-electron chi connectivity index (χ2n) is 3.82. The summed E-state index contributed by atoms with van der Waals surface area (Å²) in [7, 11) is 0. The summed E-state index contributed by atoms with van der Waals surface area (Å²) < 4.78 is 1.74. The van der Waals surface area contributed by atoms with Gasteiger partial charge in [-0.3, -0.25) is 0 Å². The minimum absolute atomic E-state index is 0.462. The van der Waals surface area contributed by atoms with Gasteiger partial charge < -0.3 is 5.73 Å². The molecule has 0 atom stereocenters. The Hall–Kier alpha value is -1.75. The van der Waals surface area contributed by atoms with E-state index in [1.165, 1.54) is 0 Å². The average Bonchev–Trinajstić information content (AvgIpc) is 2.58. The monoisotopic (exact) mass is 217 g/mol. The minimum Gasteiger partial charge on any atom is -0.326 e. The number of nitrogens with zero attached hydrogens (tertiary/aromatic N) is 4. The van der Waals surface area contributed by atoms with E-state index >= 15 is 0 Å². The molecule has 2 aromatic heterocycles. The predicted octanol–water partition coefficient (Wildman–Crippen LogP) is 1.05. The molecule has 0 aliphatic heterocycles. The standard InChI is InChI=1S/C11H15N5/c1-7-4-8(2)16(15-7)11-13-6-10(5-12)9(3)14-11/h4,6H,5,12H2,1-3H3. The first-order chi connectivity index (χ1) is 7.61. The zero-order valence-corrected chi connectivity index (χ0v) is 9.73. The highest BCUT2D eigenvalue weighted by Gasteiger charge is 2.08. The number of rotatable bonds is 2. The molecule has 0 unspecified atom stereocenters. The van der Waals surface area contributed by atoms with Gasteiger partial charge in [-0.1, -0.05) is 0 Å². The maximum Gasteiger partial charge on any atom is 0.250 e. The van der Waals surface area contributed by atoms with Crippen LogP contribution in [0.15, 0.2) is 12.3 Å². The molecule has 84 valence electrons. The fourth-order valence-corrected chi connectivity index (χ4v) is 1.61. The van der Waals surface area contributed by atoms with Crippen LogP contribution in [0.2, 0.25) is 0 Å². The molecule has 0 spiro atoms. The number of nitrogens with two attached hydrogens (primary N) is 1. The lowest BCUT2D eigenvalue weighted by molar-refractivity contribution is 0.761. The van der Waals surface area contributed by atoms with E-state index in [1.54, 1.807) is 10.9 Å². The molecule has 0 amide bonds. The van der Waals surface area contributed by atoms with Crippen molar-refractivity contribution in [1.29, 1.82) is 0 Å². The molecule has 0 bridgehead atoms. The first-order valence-corrected chi connectivity index (χ1v) is 5.18. The summed E-state index contributed by atoms with van der Waals surface area (Å²) in [6.07, 6.45) is 1.76. The quantitative estimate of drug-likeness (QED) is 0.816. The number of hydrogen-bond donors (Lipinski definition) is 1. The van der Waals surface area contributed by atoms with Gasteiger partial charge in [0.25, 0.3) is 5.95 Å². The van der Waals surface area contributed by atoms with Gasteiger partial charge >= 0.3 is 0 Å². The Morgan fingerprint density at radius 3 is 2.56 bits per heavy atom. The van der Waals surface area contributed by atoms with Crippen molar-refractivity contribution in [1.82, 2.24) is 19.7 Å². The summed E-state index contributed by atoms with van der Waals surface area (Å²) in [6, 6.07) is 2.00. The largest absolute Gasteiger partial charge is 0.326 e. The molecule has 5 heteroatoms. The lowest BCUT2D eigenvalue weighted by Gasteiger charge is -2.05. The smallest absolute Gasteiger partial charge is 0.250 e. The van der Waals surface area contributed by atoms with Crippen molar-refractivity contribution >= 4 is 0 Å². The predicted molar refractivity (Wildman–Crippen MR) is 61.3 cm³/mol. The zero-order chi connectivity index (χ0) is 11.7. The molecule has 16 heavy (non-hydrogen) atoms. The van der Waals surface area contributed by atoms with Gasteiger partial charge in [0, 0.05) is 29.7 Å². The summed E-state index contributed by atoms with van der Waals surface area (Å²) >= 11 is 0. The van der Waals surface area contributed by atoms with Crippen LogP contribution in [-0.4, -0.2) is 19.7 Å². The normalized spacial score (nSPS) is 10.8. The van der Waals surface area contributed by atoms with Crippen molar-refractivity contribution in [3.8, 4) is 5.95 Å². The summed E-state index contributed by atoms with van der Waals surface area (Å²) in [6.45, 7) is 6.32. The van der Waals surface area contributed by atoms with Gasteiger partial charge in [-0.25, -0.2) is 14.6 Å². The Morgan fingerprint density at radius 1 is 1.31 bits per heavy atom. The molecule has 0 aliphatic rings. The number of hydrogen-bond acceptors (Lipinski definition) is 4. The van der Waals surface area contributed by atoms with Crippen LogP contribution in [0.5, 0.6) is 0 Å². The zero-order valence-electron chi connectivity index (χ0n) is 9.73. The molecule has 0 radical (unpaired) electrons. The summed E-state index contributed by atoms with van der Waals surface area (Å²) in [5.41, 5.74) is 9.42. The Morgan fingerprint density at radius 2 is 2.06 bits per heavy atom. The van der Waals surface area contributed by atoms with Gasteiger partial charge in [-0.15, -0.1) is 0 Å². The second-order valence-corrected chi connectivity index (χ2v) is 3.82. The first-order valence-electron chi connectivity index (χ1n) is 5.18. The highest BCUT2D eigenvalue weighted by Crippen LogP contribution is 2.09. The second kappa shape index (κ2) is 4.02. The van der Waals surface area contributed by atoms with E-state index in [1.807, 2.05) is 26.8 Å². The Kier molecular flexibility index (Phi) is 2.70. The molecule has 2 N–H and O–H groups in total. The first kappa shape index (κ1) is 10.8. The van der Waals surface area contributed by atoms with E-state index in [9.17, 15) is 0 Å². The lowest BCUT2D eigenvalue weighted by Crippen LogP contribution is -2.09. The third-order valence-corrected chi connectivity index (χ3v) is 2.49. The maximum atomic E-state index is 5.57. The van der Waals surface area contributed by atoms with Crippen molar-refractivity contribution in [2.24, 2.45) is 5.73 Å². The fraction of sp³-hybridized carbons (Fsp3) is 0.364. The van der Waals surface area contributed by atoms with Crippen molar-refractivity contribution in [2.45, 2.75) is 27.3 Å². The molecule has 2 aromatic rings. The molecule has 0 saturated heterocycles. The highest BCUT2D eigenvalue weighted by molar-refractivity contribution is 5.23. The van der Waals surface area contributed by atoms with Gasteiger partial charge in [0.1, 0.15) is 0 Å². The van der Waals surface area contributed by atoms with Crippen LogP contribution in [0.3, 0.4) is 0 Å². The third-order valence-electron chi connectivity index (χ3n) is 2.49. The third kappa shape index (κ3) is 1.81. The number of aromatic nitrogens is 4. The van der Waals surface area contributed by atoms with Crippen molar-refractivity contribution in [2.75, 3.05) is 0 Å². The van der Waals surface area contributed by atoms with Crippen LogP contribution >= 0.6 is 0 Å². The van der Waals surface area contributed by atoms with Crippen LogP contribution in [0.25, 0.3) is 5.95 Å². The van der Waals surface area contributed by atoms with Crippen molar-refractivity contribution < 1.29 is 0 Å². The molecule has 2 heterocycles. The molecule has 0 aliphatic carbocycles. The van der Waals surface area contributed by atoms with E-state index in [0.29, 0.717) is 12.5 Å². The topological polar surface area (TPSA) is 69.6 Å². The molecule has 2 rings (SSSR count). The molecule has 0 fully saturated rings. The van der Waals surface area contributed by atoms with Crippen molar-refractivity contribution in [3.05, 3.63) is 34.9 Å². The molecular formula is C11H15N5. The minimum atomic E-state index is 0.462. The highest BCUT2D eigenvalue weighted by atomic mass is 15.4. The van der Waals surface area contributed by atoms with E-state index in [4.69, 9.17) is 5.73 Å². The van der Waals surface area contributed by atoms with Gasteiger partial charge in [-0.05, 0) is 26.8 Å². The van der Waals surface area contributed by atoms with Crippen LogP contribution in [0, 0.1) is 20.8 Å². The van der Waals surface area contributed by atoms with Crippen LogP contribution in [0.4, 0.5) is 0 Å². The van der Waals surface area contributed by atoms with Crippen LogP contribution in [-0.2, 0) is 6.54 Å². The van der Waals surface area contributed by atoms with E-state index in [-0.39, 0.29) is 0 Å². The molecule has 0 aromatic carbocycles. The lowest BCUT2D eigenvalue weighted by atomic mass is 10.2. The number of aryl methyl sites for hydroxylation is 3. The Labute approximate surface area is 94.3 Å². The molecular weight excluding hydrogens is 202 g/mol. The van der Waals surface area contributed by atoms with E-state index in [0.717, 1.165) is 22.6 Å². The summed E-state index contributed by atoms with van der Waals surface area (Å²) in [5, 5.41) is 4.34. The molecule has 0 saturated carbocycles. The van der Waals surface area contributed by atoms with Gasteiger partial charge in [0.05, 0.1) is 5.69 Å². The summed E-state index contributed by atoms with van der Waals surface area (Å²) in [5.74, 6) is 0.598. The summed E-state index contributed by atoms with van der Waals surface area (Å²) in [4.78, 5) is 8.66. The van der Waals surface area contributed by atoms with Gasteiger partial charge in [0.2, 0.25) is 0 Å².